The van der Waals surface area contributed by atoms with Gasteiger partial charge in [0, 0.05) is 24.0 Å². The van der Waals surface area contributed by atoms with Crippen molar-refractivity contribution in [2.45, 2.75) is 31.7 Å². The Kier molecular flexibility index (Phi) is 3.49. The largest absolute Gasteiger partial charge is 0.336 e. The highest BCUT2D eigenvalue weighted by Crippen LogP contribution is 2.27. The van der Waals surface area contributed by atoms with Crippen LogP contribution in [-0.2, 0) is 5.88 Å². The molecule has 0 bridgehead atoms. The van der Waals surface area contributed by atoms with Gasteiger partial charge in [-0.05, 0) is 37.5 Å². The van der Waals surface area contributed by atoms with Gasteiger partial charge >= 0.3 is 0 Å². The van der Waals surface area contributed by atoms with E-state index in [1.807, 2.05) is 36.1 Å². The summed E-state index contributed by atoms with van der Waals surface area (Å²) in [6.45, 7) is 2.82. The van der Waals surface area contributed by atoms with Gasteiger partial charge in [-0.15, -0.1) is 11.6 Å². The van der Waals surface area contributed by atoms with Crippen molar-refractivity contribution in [3.63, 3.8) is 0 Å². The van der Waals surface area contributed by atoms with Crippen molar-refractivity contribution in [3.8, 4) is 0 Å². The van der Waals surface area contributed by atoms with Crippen LogP contribution in [0.4, 0.5) is 0 Å². The fourth-order valence-electron chi connectivity index (χ4n) is 1.86. The molecule has 0 aromatic heterocycles. The van der Waals surface area contributed by atoms with E-state index in [4.69, 9.17) is 11.6 Å². The molecule has 2 rings (SSSR count). The van der Waals surface area contributed by atoms with E-state index < -0.39 is 0 Å². The maximum atomic E-state index is 12.1. The zero-order valence-electron chi connectivity index (χ0n) is 9.45. The highest BCUT2D eigenvalue weighted by Gasteiger charge is 2.31. The van der Waals surface area contributed by atoms with E-state index in [1.54, 1.807) is 0 Å². The van der Waals surface area contributed by atoms with Crippen LogP contribution in [0.1, 0.15) is 35.7 Å². The Hall–Kier alpha value is -1.02. The Bertz CT molecular complexity index is 370. The van der Waals surface area contributed by atoms with Crippen LogP contribution in [-0.4, -0.2) is 23.4 Å². The monoisotopic (exact) mass is 237 g/mol. The van der Waals surface area contributed by atoms with E-state index in [9.17, 15) is 4.79 Å². The van der Waals surface area contributed by atoms with Crippen LogP contribution >= 0.6 is 11.6 Å². The third-order valence-electron chi connectivity index (χ3n) is 2.94. The average Bonchev–Trinajstić information content (AvgIpc) is 3.14. The summed E-state index contributed by atoms with van der Waals surface area (Å²) >= 11 is 5.71. The molecule has 0 spiro atoms. The van der Waals surface area contributed by atoms with E-state index in [1.165, 1.54) is 0 Å². The van der Waals surface area contributed by atoms with E-state index in [-0.39, 0.29) is 5.91 Å². The first-order valence-corrected chi connectivity index (χ1v) is 6.25. The van der Waals surface area contributed by atoms with Gasteiger partial charge in [-0.2, -0.15) is 0 Å². The number of halogens is 1. The predicted molar refractivity (Wildman–Crippen MR) is 65.7 cm³/mol. The SMILES string of the molecule is CCN(C(=O)c1ccc(CCl)cc1)C1CC1. The highest BCUT2D eigenvalue weighted by atomic mass is 35.5. The molecule has 0 radical (unpaired) electrons. The minimum absolute atomic E-state index is 0.145. The van der Waals surface area contributed by atoms with Crippen molar-refractivity contribution < 1.29 is 4.79 Å². The number of benzene rings is 1. The van der Waals surface area contributed by atoms with Crippen LogP contribution < -0.4 is 0 Å². The average molecular weight is 238 g/mol. The van der Waals surface area contributed by atoms with Gasteiger partial charge in [0.05, 0.1) is 0 Å². The number of amides is 1. The summed E-state index contributed by atoms with van der Waals surface area (Å²) in [6.07, 6.45) is 2.30. The first kappa shape index (κ1) is 11.5. The molecule has 2 nitrogen and oxygen atoms in total. The lowest BCUT2D eigenvalue weighted by atomic mass is 10.1. The van der Waals surface area contributed by atoms with Crippen molar-refractivity contribution >= 4 is 17.5 Å². The molecule has 0 atom stereocenters. The summed E-state index contributed by atoms with van der Waals surface area (Å²) in [7, 11) is 0. The summed E-state index contributed by atoms with van der Waals surface area (Å²) in [4.78, 5) is 14.1. The smallest absolute Gasteiger partial charge is 0.254 e. The second-order valence-corrected chi connectivity index (χ2v) is 4.42. The van der Waals surface area contributed by atoms with Crippen LogP contribution in [0, 0.1) is 0 Å². The molecule has 0 aliphatic heterocycles. The van der Waals surface area contributed by atoms with Gasteiger partial charge in [-0.3, -0.25) is 4.79 Å². The van der Waals surface area contributed by atoms with Gasteiger partial charge in [0.1, 0.15) is 0 Å². The number of hydrogen-bond acceptors (Lipinski definition) is 1. The van der Waals surface area contributed by atoms with Gasteiger partial charge in [0.15, 0.2) is 0 Å². The van der Waals surface area contributed by atoms with Crippen LogP contribution in [0.15, 0.2) is 24.3 Å². The summed E-state index contributed by atoms with van der Waals surface area (Å²) in [5.41, 5.74) is 1.82. The summed E-state index contributed by atoms with van der Waals surface area (Å²) in [5, 5.41) is 0. The molecule has 0 heterocycles. The minimum Gasteiger partial charge on any atom is -0.336 e. The first-order chi connectivity index (χ1) is 7.76. The van der Waals surface area contributed by atoms with Crippen molar-refractivity contribution in [2.24, 2.45) is 0 Å². The molecular weight excluding hydrogens is 222 g/mol. The fourth-order valence-corrected chi connectivity index (χ4v) is 2.03. The Balaban J connectivity index is 2.12. The molecule has 0 N–H and O–H groups in total. The third-order valence-corrected chi connectivity index (χ3v) is 3.25. The number of carbonyl (C=O) groups excluding carboxylic acids is 1. The number of rotatable bonds is 4. The lowest BCUT2D eigenvalue weighted by Crippen LogP contribution is -2.32. The van der Waals surface area contributed by atoms with Gasteiger partial charge < -0.3 is 4.90 Å². The summed E-state index contributed by atoms with van der Waals surface area (Å²) in [5.74, 6) is 0.639. The summed E-state index contributed by atoms with van der Waals surface area (Å²) < 4.78 is 0. The van der Waals surface area contributed by atoms with Gasteiger partial charge in [-0.1, -0.05) is 12.1 Å². The van der Waals surface area contributed by atoms with E-state index in [2.05, 4.69) is 0 Å². The minimum atomic E-state index is 0.145. The Morgan fingerprint density at radius 2 is 2.00 bits per heavy atom. The van der Waals surface area contributed by atoms with E-state index >= 15 is 0 Å². The maximum absolute atomic E-state index is 12.1. The Morgan fingerprint density at radius 1 is 1.38 bits per heavy atom. The second kappa shape index (κ2) is 4.88. The number of carbonyl (C=O) groups is 1. The second-order valence-electron chi connectivity index (χ2n) is 4.15. The standard InChI is InChI=1S/C13H16ClNO/c1-2-15(12-7-8-12)13(16)11-5-3-10(9-14)4-6-11/h3-6,12H,2,7-9H2,1H3. The van der Waals surface area contributed by atoms with Gasteiger partial charge in [0.25, 0.3) is 5.91 Å². The molecular formula is C13H16ClNO. The lowest BCUT2D eigenvalue weighted by Gasteiger charge is -2.20. The molecule has 1 aromatic rings. The molecule has 1 aromatic carbocycles. The highest BCUT2D eigenvalue weighted by molar-refractivity contribution is 6.17. The van der Waals surface area contributed by atoms with Crippen LogP contribution in [0.25, 0.3) is 0 Å². The van der Waals surface area contributed by atoms with Crippen LogP contribution in [0.3, 0.4) is 0 Å². The van der Waals surface area contributed by atoms with E-state index in [0.29, 0.717) is 11.9 Å². The molecule has 1 amide bonds. The molecule has 3 heteroatoms. The Morgan fingerprint density at radius 3 is 2.44 bits per heavy atom. The number of alkyl halides is 1. The summed E-state index contributed by atoms with van der Waals surface area (Å²) in [6, 6.07) is 8.04. The predicted octanol–water partition coefficient (Wildman–Crippen LogP) is 3.05. The molecule has 86 valence electrons. The molecule has 1 fully saturated rings. The molecule has 16 heavy (non-hydrogen) atoms. The topological polar surface area (TPSA) is 20.3 Å². The maximum Gasteiger partial charge on any atom is 0.254 e. The Labute approximate surface area is 101 Å². The molecule has 0 saturated heterocycles. The van der Waals surface area contributed by atoms with Crippen molar-refractivity contribution in [1.82, 2.24) is 4.90 Å². The zero-order chi connectivity index (χ0) is 11.5. The molecule has 1 aliphatic rings. The zero-order valence-corrected chi connectivity index (χ0v) is 10.2. The van der Waals surface area contributed by atoms with Crippen molar-refractivity contribution in [2.75, 3.05) is 6.54 Å². The van der Waals surface area contributed by atoms with Crippen molar-refractivity contribution in [1.29, 1.82) is 0 Å². The normalized spacial score (nSPS) is 14.9. The molecule has 1 saturated carbocycles. The van der Waals surface area contributed by atoms with E-state index in [0.717, 1.165) is 30.5 Å². The molecule has 0 unspecified atom stereocenters. The first-order valence-electron chi connectivity index (χ1n) is 5.72. The molecule has 1 aliphatic carbocycles. The van der Waals surface area contributed by atoms with Crippen LogP contribution in [0.2, 0.25) is 0 Å². The van der Waals surface area contributed by atoms with Gasteiger partial charge in [-0.25, -0.2) is 0 Å². The lowest BCUT2D eigenvalue weighted by molar-refractivity contribution is 0.0752. The quantitative estimate of drug-likeness (QED) is 0.737. The van der Waals surface area contributed by atoms with Crippen molar-refractivity contribution in [3.05, 3.63) is 35.4 Å². The number of nitrogens with zero attached hydrogens (tertiary/aromatic N) is 1. The van der Waals surface area contributed by atoms with Crippen LogP contribution in [0.5, 0.6) is 0 Å². The number of hydrogen-bond donors (Lipinski definition) is 0. The third kappa shape index (κ3) is 2.38. The fraction of sp³-hybridized carbons (Fsp3) is 0.462. The van der Waals surface area contributed by atoms with Gasteiger partial charge in [0.2, 0.25) is 0 Å².